The Kier molecular flexibility index (Phi) is 5.04. The third kappa shape index (κ3) is 3.87. The summed E-state index contributed by atoms with van der Waals surface area (Å²) in [5.41, 5.74) is -0.116. The zero-order chi connectivity index (χ0) is 14.9. The molecule has 0 unspecified atom stereocenters. The summed E-state index contributed by atoms with van der Waals surface area (Å²) >= 11 is 6.00. The zero-order valence-corrected chi connectivity index (χ0v) is 13.9. The summed E-state index contributed by atoms with van der Waals surface area (Å²) in [5, 5.41) is -0.584. The SMILES string of the molecule is O=S1(=O)CCC(S(=O)(=O)NCC2(CCl)CCCC2)CC1. The summed E-state index contributed by atoms with van der Waals surface area (Å²) in [6.45, 7) is 0.377. The molecule has 2 aliphatic rings. The van der Waals surface area contributed by atoms with Crippen molar-refractivity contribution in [3.05, 3.63) is 0 Å². The standard InChI is InChI=1S/C12H22ClNO4S2/c13-9-12(5-1-2-6-12)10-14-20(17,18)11-3-7-19(15,16)8-4-11/h11,14H,1-10H2. The van der Waals surface area contributed by atoms with Crippen LogP contribution in [0.1, 0.15) is 38.5 Å². The lowest BCUT2D eigenvalue weighted by atomic mass is 9.89. The average Bonchev–Trinajstić information content (AvgIpc) is 2.86. The van der Waals surface area contributed by atoms with Crippen molar-refractivity contribution < 1.29 is 16.8 Å². The summed E-state index contributed by atoms with van der Waals surface area (Å²) in [6.07, 6.45) is 4.50. The number of rotatable bonds is 5. The van der Waals surface area contributed by atoms with E-state index in [-0.39, 0.29) is 29.8 Å². The van der Waals surface area contributed by atoms with Crippen molar-refractivity contribution in [3.8, 4) is 0 Å². The van der Waals surface area contributed by atoms with Gasteiger partial charge in [-0.2, -0.15) is 0 Å². The van der Waals surface area contributed by atoms with Crippen LogP contribution in [0.15, 0.2) is 0 Å². The second-order valence-electron chi connectivity index (χ2n) is 6.06. The van der Waals surface area contributed by atoms with E-state index in [9.17, 15) is 16.8 Å². The van der Waals surface area contributed by atoms with Crippen molar-refractivity contribution in [2.45, 2.75) is 43.8 Å². The molecular weight excluding hydrogens is 322 g/mol. The summed E-state index contributed by atoms with van der Waals surface area (Å²) in [7, 11) is -6.48. The molecule has 0 bridgehead atoms. The van der Waals surface area contributed by atoms with Gasteiger partial charge < -0.3 is 0 Å². The first-order valence-electron chi connectivity index (χ1n) is 7.04. The van der Waals surface area contributed by atoms with Crippen LogP contribution in [0.2, 0.25) is 0 Å². The first kappa shape index (κ1) is 16.5. The number of hydrogen-bond donors (Lipinski definition) is 1. The van der Waals surface area contributed by atoms with Gasteiger partial charge in [-0.3, -0.25) is 0 Å². The van der Waals surface area contributed by atoms with Gasteiger partial charge in [0.25, 0.3) is 0 Å². The van der Waals surface area contributed by atoms with Crippen molar-refractivity contribution in [2.75, 3.05) is 23.9 Å². The molecule has 20 heavy (non-hydrogen) atoms. The highest BCUT2D eigenvalue weighted by Gasteiger charge is 2.37. The normalized spacial score (nSPS) is 26.6. The minimum atomic E-state index is -3.44. The molecule has 1 saturated heterocycles. The fourth-order valence-electron chi connectivity index (χ4n) is 3.03. The van der Waals surface area contributed by atoms with Crippen LogP contribution in [0.5, 0.6) is 0 Å². The zero-order valence-electron chi connectivity index (χ0n) is 11.5. The van der Waals surface area contributed by atoms with Gasteiger partial charge in [-0.25, -0.2) is 21.6 Å². The van der Waals surface area contributed by atoms with Gasteiger partial charge in [0.2, 0.25) is 10.0 Å². The smallest absolute Gasteiger partial charge is 0.214 e. The fraction of sp³-hybridized carbons (Fsp3) is 1.00. The number of hydrogen-bond acceptors (Lipinski definition) is 4. The molecule has 1 N–H and O–H groups in total. The van der Waals surface area contributed by atoms with Crippen LogP contribution in [0, 0.1) is 5.41 Å². The maximum atomic E-state index is 12.3. The van der Waals surface area contributed by atoms with Gasteiger partial charge in [-0.1, -0.05) is 12.8 Å². The molecule has 0 aromatic carbocycles. The Morgan fingerprint density at radius 1 is 1.15 bits per heavy atom. The van der Waals surface area contributed by atoms with Crippen molar-refractivity contribution in [3.63, 3.8) is 0 Å². The van der Waals surface area contributed by atoms with Gasteiger partial charge >= 0.3 is 0 Å². The van der Waals surface area contributed by atoms with E-state index in [4.69, 9.17) is 11.6 Å². The van der Waals surface area contributed by atoms with E-state index in [1.54, 1.807) is 0 Å². The van der Waals surface area contributed by atoms with Crippen LogP contribution < -0.4 is 4.72 Å². The molecule has 1 saturated carbocycles. The Morgan fingerprint density at radius 2 is 1.70 bits per heavy atom. The first-order chi connectivity index (χ1) is 9.29. The van der Waals surface area contributed by atoms with Gasteiger partial charge in [0, 0.05) is 12.4 Å². The molecular formula is C12H22ClNO4S2. The van der Waals surface area contributed by atoms with Crippen molar-refractivity contribution >= 4 is 31.5 Å². The molecule has 0 spiro atoms. The van der Waals surface area contributed by atoms with E-state index in [0.29, 0.717) is 12.4 Å². The van der Waals surface area contributed by atoms with E-state index < -0.39 is 25.1 Å². The topological polar surface area (TPSA) is 80.3 Å². The number of nitrogens with one attached hydrogen (secondary N) is 1. The van der Waals surface area contributed by atoms with Crippen molar-refractivity contribution in [1.82, 2.24) is 4.72 Å². The fourth-order valence-corrected chi connectivity index (χ4v) is 6.78. The molecule has 0 radical (unpaired) electrons. The monoisotopic (exact) mass is 343 g/mol. The number of halogens is 1. The van der Waals surface area contributed by atoms with E-state index in [1.165, 1.54) is 0 Å². The van der Waals surface area contributed by atoms with Crippen LogP contribution >= 0.6 is 11.6 Å². The highest BCUT2D eigenvalue weighted by molar-refractivity contribution is 7.92. The molecule has 2 fully saturated rings. The third-order valence-electron chi connectivity index (χ3n) is 4.54. The maximum Gasteiger partial charge on any atom is 0.214 e. The molecule has 1 heterocycles. The van der Waals surface area contributed by atoms with E-state index in [0.717, 1.165) is 25.7 Å². The second kappa shape index (κ2) is 6.10. The number of sulfone groups is 1. The Morgan fingerprint density at radius 3 is 2.20 bits per heavy atom. The number of alkyl halides is 1. The lowest BCUT2D eigenvalue weighted by Crippen LogP contribution is -2.44. The predicted molar refractivity (Wildman–Crippen MR) is 80.2 cm³/mol. The van der Waals surface area contributed by atoms with Crippen LogP contribution in [0.25, 0.3) is 0 Å². The third-order valence-corrected chi connectivity index (χ3v) is 8.71. The van der Waals surface area contributed by atoms with Crippen LogP contribution in [0.4, 0.5) is 0 Å². The molecule has 0 atom stereocenters. The highest BCUT2D eigenvalue weighted by Crippen LogP contribution is 2.38. The minimum Gasteiger partial charge on any atom is -0.229 e. The number of sulfonamides is 1. The van der Waals surface area contributed by atoms with Gasteiger partial charge in [0.05, 0.1) is 16.8 Å². The summed E-state index contributed by atoms with van der Waals surface area (Å²) in [5.74, 6) is 0.410. The van der Waals surface area contributed by atoms with Gasteiger partial charge in [0.15, 0.2) is 0 Å². The lowest BCUT2D eigenvalue weighted by Gasteiger charge is -2.29. The maximum absolute atomic E-state index is 12.3. The van der Waals surface area contributed by atoms with Crippen molar-refractivity contribution in [1.29, 1.82) is 0 Å². The molecule has 118 valence electrons. The molecule has 2 rings (SSSR count). The molecule has 0 amide bonds. The van der Waals surface area contributed by atoms with Crippen LogP contribution in [0.3, 0.4) is 0 Å². The first-order valence-corrected chi connectivity index (χ1v) is 10.9. The molecule has 5 nitrogen and oxygen atoms in total. The summed E-state index contributed by atoms with van der Waals surface area (Å²) < 4.78 is 49.9. The Balaban J connectivity index is 1.94. The molecule has 0 aromatic heterocycles. The molecule has 1 aliphatic carbocycles. The Hall–Kier alpha value is 0.150. The minimum absolute atomic E-state index is 0.0285. The summed E-state index contributed by atoms with van der Waals surface area (Å²) in [4.78, 5) is 0. The van der Waals surface area contributed by atoms with Gasteiger partial charge in [-0.15, -0.1) is 11.6 Å². The molecule has 8 heteroatoms. The van der Waals surface area contributed by atoms with E-state index in [2.05, 4.69) is 4.72 Å². The average molecular weight is 344 g/mol. The van der Waals surface area contributed by atoms with Crippen LogP contribution in [-0.2, 0) is 19.9 Å². The van der Waals surface area contributed by atoms with Gasteiger partial charge in [-0.05, 0) is 31.1 Å². The highest BCUT2D eigenvalue weighted by atomic mass is 35.5. The largest absolute Gasteiger partial charge is 0.229 e. The molecule has 0 aromatic rings. The van der Waals surface area contributed by atoms with Gasteiger partial charge in [0.1, 0.15) is 9.84 Å². The summed E-state index contributed by atoms with van der Waals surface area (Å²) in [6, 6.07) is 0. The quantitative estimate of drug-likeness (QED) is 0.762. The van der Waals surface area contributed by atoms with Crippen LogP contribution in [-0.4, -0.2) is 46.0 Å². The molecule has 1 aliphatic heterocycles. The second-order valence-corrected chi connectivity index (χ2v) is 10.7. The Labute approximate surface area is 126 Å². The van der Waals surface area contributed by atoms with Crippen molar-refractivity contribution in [2.24, 2.45) is 5.41 Å². The Bertz CT molecular complexity index is 524. The predicted octanol–water partition coefficient (Wildman–Crippen LogP) is 1.28. The van der Waals surface area contributed by atoms with E-state index in [1.807, 2.05) is 0 Å². The lowest BCUT2D eigenvalue weighted by molar-refractivity contribution is 0.341. The van der Waals surface area contributed by atoms with E-state index >= 15 is 0 Å².